The normalized spacial score (nSPS) is 26.5. The number of benzene rings is 1. The molecule has 3 heterocycles. The minimum Gasteiger partial charge on any atom is -0.390 e. The zero-order chi connectivity index (χ0) is 27.6. The van der Waals surface area contributed by atoms with Gasteiger partial charge in [-0.3, -0.25) is 14.3 Å². The molecule has 4 aliphatic rings. The SMILES string of the molecule is Cc1c(N2CCN(C(=O)Cn3nc(C(=O)N4CC[C@@H](O)[C@@H](F)C4)c4c3C[C@H]3C[C@@H]43)CC2)cccc1C(F)(F)F. The van der Waals surface area contributed by atoms with Crippen LogP contribution < -0.4 is 4.90 Å². The van der Waals surface area contributed by atoms with Crippen LogP contribution in [0.1, 0.15) is 51.6 Å². The second-order valence-electron chi connectivity index (χ2n) is 11.1. The molecule has 2 amide bonds. The number of anilines is 1. The van der Waals surface area contributed by atoms with Crippen molar-refractivity contribution in [3.8, 4) is 0 Å². The summed E-state index contributed by atoms with van der Waals surface area (Å²) in [6.45, 7) is 3.06. The molecule has 0 unspecified atom stereocenters. The molecule has 6 rings (SSSR count). The van der Waals surface area contributed by atoms with Crippen LogP contribution in [0.25, 0.3) is 0 Å². The van der Waals surface area contributed by atoms with E-state index in [1.54, 1.807) is 15.6 Å². The molecule has 0 spiro atoms. The second kappa shape index (κ2) is 9.50. The summed E-state index contributed by atoms with van der Waals surface area (Å²) < 4.78 is 55.8. The first-order valence-corrected chi connectivity index (χ1v) is 13.4. The minimum absolute atomic E-state index is 0.0257. The van der Waals surface area contributed by atoms with Crippen LogP contribution in [-0.2, 0) is 23.9 Å². The zero-order valence-corrected chi connectivity index (χ0v) is 21.6. The number of carbonyl (C=O) groups is 2. The Labute approximate surface area is 223 Å². The van der Waals surface area contributed by atoms with Gasteiger partial charge in [-0.15, -0.1) is 0 Å². The first-order valence-electron chi connectivity index (χ1n) is 13.4. The predicted molar refractivity (Wildman–Crippen MR) is 133 cm³/mol. The van der Waals surface area contributed by atoms with Gasteiger partial charge in [0.25, 0.3) is 5.91 Å². The summed E-state index contributed by atoms with van der Waals surface area (Å²) in [6, 6.07) is 4.16. The minimum atomic E-state index is -4.43. The highest BCUT2D eigenvalue weighted by Gasteiger charge is 2.51. The first kappa shape index (κ1) is 26.1. The summed E-state index contributed by atoms with van der Waals surface area (Å²) >= 11 is 0. The number of amides is 2. The largest absolute Gasteiger partial charge is 0.416 e. The average Bonchev–Trinajstić information content (AvgIpc) is 3.43. The van der Waals surface area contributed by atoms with Gasteiger partial charge in [0.05, 0.1) is 18.2 Å². The Morgan fingerprint density at radius 1 is 1.10 bits per heavy atom. The third-order valence-corrected chi connectivity index (χ3v) is 8.71. The van der Waals surface area contributed by atoms with Crippen molar-refractivity contribution >= 4 is 17.5 Å². The van der Waals surface area contributed by atoms with Gasteiger partial charge in [0.2, 0.25) is 5.91 Å². The lowest BCUT2D eigenvalue weighted by molar-refractivity contribution is -0.138. The number of aliphatic hydroxyl groups is 1. The lowest BCUT2D eigenvalue weighted by atomic mass is 10.0. The van der Waals surface area contributed by atoms with Gasteiger partial charge in [-0.05, 0) is 55.7 Å². The molecule has 2 aliphatic heterocycles. The molecule has 210 valence electrons. The van der Waals surface area contributed by atoms with Crippen molar-refractivity contribution in [1.82, 2.24) is 19.6 Å². The number of piperazine rings is 1. The molecule has 8 nitrogen and oxygen atoms in total. The quantitative estimate of drug-likeness (QED) is 0.594. The predicted octanol–water partition coefficient (Wildman–Crippen LogP) is 2.76. The second-order valence-corrected chi connectivity index (χ2v) is 11.1. The van der Waals surface area contributed by atoms with Crippen LogP contribution in [0.4, 0.5) is 23.2 Å². The van der Waals surface area contributed by atoms with E-state index in [1.807, 2.05) is 4.90 Å². The Kier molecular flexibility index (Phi) is 6.35. The first-order chi connectivity index (χ1) is 18.5. The van der Waals surface area contributed by atoms with Crippen LogP contribution in [-0.4, -0.2) is 88.0 Å². The van der Waals surface area contributed by atoms with E-state index in [0.717, 1.165) is 30.2 Å². The highest BCUT2D eigenvalue weighted by Crippen LogP contribution is 2.57. The highest BCUT2D eigenvalue weighted by atomic mass is 19.4. The van der Waals surface area contributed by atoms with Crippen molar-refractivity contribution in [3.05, 3.63) is 46.3 Å². The summed E-state index contributed by atoms with van der Waals surface area (Å²) in [5.41, 5.74) is 2.09. The summed E-state index contributed by atoms with van der Waals surface area (Å²) in [4.78, 5) is 31.5. The zero-order valence-electron chi connectivity index (χ0n) is 21.6. The van der Waals surface area contributed by atoms with E-state index in [-0.39, 0.29) is 55.0 Å². The molecule has 3 fully saturated rings. The van der Waals surface area contributed by atoms with Crippen LogP contribution in [0.3, 0.4) is 0 Å². The van der Waals surface area contributed by atoms with Crippen molar-refractivity contribution in [2.45, 2.75) is 57.1 Å². The van der Waals surface area contributed by atoms with Crippen molar-refractivity contribution in [2.24, 2.45) is 5.92 Å². The monoisotopic (exact) mass is 549 g/mol. The fraction of sp³-hybridized carbons (Fsp3) is 0.593. The van der Waals surface area contributed by atoms with Crippen LogP contribution in [0.15, 0.2) is 18.2 Å². The molecule has 1 aromatic carbocycles. The van der Waals surface area contributed by atoms with E-state index in [1.165, 1.54) is 17.9 Å². The number of piperidine rings is 1. The van der Waals surface area contributed by atoms with Gasteiger partial charge in [0.1, 0.15) is 12.7 Å². The number of hydrogen-bond acceptors (Lipinski definition) is 5. The number of aromatic nitrogens is 2. The summed E-state index contributed by atoms with van der Waals surface area (Å²) in [7, 11) is 0. The molecule has 2 saturated heterocycles. The van der Waals surface area contributed by atoms with Gasteiger partial charge in [0.15, 0.2) is 5.69 Å². The van der Waals surface area contributed by atoms with E-state index in [0.29, 0.717) is 37.8 Å². The number of rotatable bonds is 4. The number of likely N-dealkylation sites (tertiary alicyclic amines) is 1. The summed E-state index contributed by atoms with van der Waals surface area (Å²) in [5, 5.41) is 14.2. The van der Waals surface area contributed by atoms with E-state index < -0.39 is 24.0 Å². The van der Waals surface area contributed by atoms with Gasteiger partial charge >= 0.3 is 6.18 Å². The Morgan fingerprint density at radius 2 is 1.85 bits per heavy atom. The fourth-order valence-corrected chi connectivity index (χ4v) is 6.40. The Balaban J connectivity index is 1.14. The van der Waals surface area contributed by atoms with Crippen molar-refractivity contribution < 1.29 is 32.3 Å². The highest BCUT2D eigenvalue weighted by molar-refractivity contribution is 5.95. The van der Waals surface area contributed by atoms with Crippen molar-refractivity contribution in [3.63, 3.8) is 0 Å². The molecule has 0 bridgehead atoms. The van der Waals surface area contributed by atoms with Crippen molar-refractivity contribution in [2.75, 3.05) is 44.2 Å². The number of nitrogens with zero attached hydrogens (tertiary/aromatic N) is 5. The van der Waals surface area contributed by atoms with Gasteiger partial charge in [-0.25, -0.2) is 4.39 Å². The molecular weight excluding hydrogens is 518 g/mol. The maximum atomic E-state index is 14.1. The molecule has 2 aromatic rings. The molecule has 1 saturated carbocycles. The number of alkyl halides is 4. The summed E-state index contributed by atoms with van der Waals surface area (Å²) in [5.74, 6) is 0.177. The number of fused-ring (bicyclic) bond motifs is 3. The number of carbonyl (C=O) groups excluding carboxylic acids is 2. The van der Waals surface area contributed by atoms with E-state index in [9.17, 15) is 32.3 Å². The number of aliphatic hydroxyl groups excluding tert-OH is 1. The molecule has 2 aliphatic carbocycles. The van der Waals surface area contributed by atoms with Crippen LogP contribution >= 0.6 is 0 Å². The molecule has 39 heavy (non-hydrogen) atoms. The smallest absolute Gasteiger partial charge is 0.390 e. The molecule has 4 atom stereocenters. The van der Waals surface area contributed by atoms with Gasteiger partial charge < -0.3 is 19.8 Å². The van der Waals surface area contributed by atoms with E-state index in [4.69, 9.17) is 0 Å². The molecular formula is C27H31F4N5O3. The Hall–Kier alpha value is -3.15. The molecule has 12 heteroatoms. The maximum Gasteiger partial charge on any atom is 0.416 e. The fourth-order valence-electron chi connectivity index (χ4n) is 6.40. The summed E-state index contributed by atoms with van der Waals surface area (Å²) in [6.07, 6.45) is -5.08. The Morgan fingerprint density at radius 3 is 2.54 bits per heavy atom. The topological polar surface area (TPSA) is 81.9 Å². The van der Waals surface area contributed by atoms with Gasteiger partial charge in [0, 0.05) is 49.7 Å². The van der Waals surface area contributed by atoms with Crippen LogP contribution in [0, 0.1) is 12.8 Å². The number of halogens is 4. The maximum absolute atomic E-state index is 14.1. The molecule has 0 radical (unpaired) electrons. The van der Waals surface area contributed by atoms with Crippen LogP contribution in [0.2, 0.25) is 0 Å². The molecule has 1 N–H and O–H groups in total. The van der Waals surface area contributed by atoms with E-state index in [2.05, 4.69) is 5.10 Å². The lowest BCUT2D eigenvalue weighted by Gasteiger charge is -2.37. The van der Waals surface area contributed by atoms with Gasteiger partial charge in [-0.2, -0.15) is 18.3 Å². The van der Waals surface area contributed by atoms with Crippen molar-refractivity contribution in [1.29, 1.82) is 0 Å². The third-order valence-electron chi connectivity index (χ3n) is 8.71. The average molecular weight is 550 g/mol. The standard InChI is InChI=1S/C27H31F4N5O3/c1-15-18(27(29,30)31)3-2-4-20(15)33-7-9-34(10-8-33)23(38)14-36-21-12-16-11-17(16)24(21)25(32-36)26(39)35-6-5-22(37)19(28)13-35/h2-4,16-17,19,22,37H,5-14H2,1H3/t16-,17-,19+,22-/m1/s1. The molecule has 1 aromatic heterocycles. The third kappa shape index (κ3) is 4.66. The van der Waals surface area contributed by atoms with Gasteiger partial charge in [-0.1, -0.05) is 6.07 Å². The lowest BCUT2D eigenvalue weighted by Crippen LogP contribution is -2.50. The van der Waals surface area contributed by atoms with E-state index >= 15 is 0 Å². The van der Waals surface area contributed by atoms with Crippen LogP contribution in [0.5, 0.6) is 0 Å². The Bertz CT molecular complexity index is 1300. The number of hydrogen-bond donors (Lipinski definition) is 1.